The molecular formula is C31H42O4. The van der Waals surface area contributed by atoms with Crippen LogP contribution in [-0.4, -0.2) is 24.6 Å². The van der Waals surface area contributed by atoms with E-state index in [1.165, 1.54) is 12.7 Å². The Morgan fingerprint density at radius 3 is 2.29 bits per heavy atom. The quantitative estimate of drug-likeness (QED) is 0.186. The fraction of sp³-hybridized carbons (Fsp3) is 0.710. The van der Waals surface area contributed by atoms with Gasteiger partial charge < -0.3 is 4.74 Å². The van der Waals surface area contributed by atoms with Gasteiger partial charge in [0.1, 0.15) is 0 Å². The molecule has 35 heavy (non-hydrogen) atoms. The number of allylic oxidation sites excluding steroid dienone is 6. The van der Waals surface area contributed by atoms with Crippen molar-refractivity contribution in [3.63, 3.8) is 0 Å². The number of ketones is 2. The zero-order chi connectivity index (χ0) is 25.8. The number of ether oxygens (including phenoxy) is 1. The highest BCUT2D eigenvalue weighted by Crippen LogP contribution is 2.76. The molecule has 0 aromatic rings. The van der Waals surface area contributed by atoms with Gasteiger partial charge in [-0.3, -0.25) is 14.4 Å². The average Bonchev–Trinajstić information content (AvgIpc) is 2.81. The highest BCUT2D eigenvalue weighted by atomic mass is 16.5. The maximum atomic E-state index is 12.9. The maximum absolute atomic E-state index is 12.9. The van der Waals surface area contributed by atoms with E-state index in [-0.39, 0.29) is 45.1 Å². The van der Waals surface area contributed by atoms with Crippen molar-refractivity contribution in [1.29, 1.82) is 0 Å². The molecule has 0 N–H and O–H groups in total. The Labute approximate surface area is 210 Å². The third-order valence-electron chi connectivity index (χ3n) is 12.0. The van der Waals surface area contributed by atoms with Gasteiger partial charge in [-0.05, 0) is 104 Å². The Kier molecular flexibility index (Phi) is 5.15. The van der Waals surface area contributed by atoms with Crippen LogP contribution in [0.25, 0.3) is 0 Å². The molecule has 0 aliphatic heterocycles. The van der Waals surface area contributed by atoms with E-state index in [9.17, 15) is 14.4 Å². The van der Waals surface area contributed by atoms with Gasteiger partial charge in [-0.15, -0.1) is 0 Å². The number of methoxy groups -OCH3 is 1. The molecule has 5 aliphatic carbocycles. The molecule has 3 fully saturated rings. The van der Waals surface area contributed by atoms with E-state index >= 15 is 0 Å². The zero-order valence-corrected chi connectivity index (χ0v) is 22.9. The molecule has 0 aromatic heterocycles. The van der Waals surface area contributed by atoms with Crippen molar-refractivity contribution in [1.82, 2.24) is 0 Å². The van der Waals surface area contributed by atoms with Crippen LogP contribution < -0.4 is 0 Å². The van der Waals surface area contributed by atoms with Crippen LogP contribution in [0.15, 0.2) is 34.4 Å². The summed E-state index contributed by atoms with van der Waals surface area (Å²) in [6, 6.07) is 0. The van der Waals surface area contributed by atoms with Crippen LogP contribution in [0, 0.1) is 38.9 Å². The van der Waals surface area contributed by atoms with Crippen molar-refractivity contribution in [2.24, 2.45) is 38.9 Å². The Balaban J connectivity index is 1.65. The lowest BCUT2D eigenvalue weighted by Gasteiger charge is -2.70. The normalized spacial score (nSPS) is 47.1. The molecule has 0 bridgehead atoms. The van der Waals surface area contributed by atoms with E-state index < -0.39 is 5.41 Å². The second kappa shape index (κ2) is 7.29. The first-order chi connectivity index (χ1) is 16.2. The lowest BCUT2D eigenvalue weighted by molar-refractivity contribution is -0.180. The molecule has 7 atom stereocenters. The Morgan fingerprint density at radius 2 is 1.63 bits per heavy atom. The van der Waals surface area contributed by atoms with Crippen LogP contribution in [0.4, 0.5) is 0 Å². The second-order valence-corrected chi connectivity index (χ2v) is 13.7. The number of rotatable bonds is 1. The predicted molar refractivity (Wildman–Crippen MR) is 136 cm³/mol. The minimum absolute atomic E-state index is 0.0302. The Morgan fingerprint density at radius 1 is 0.971 bits per heavy atom. The van der Waals surface area contributed by atoms with E-state index in [0.29, 0.717) is 11.5 Å². The predicted octanol–water partition coefficient (Wildman–Crippen LogP) is 6.55. The summed E-state index contributed by atoms with van der Waals surface area (Å²) in [7, 11) is 1.52. The van der Waals surface area contributed by atoms with Crippen molar-refractivity contribution >= 4 is 17.5 Å². The lowest BCUT2D eigenvalue weighted by Crippen LogP contribution is -2.62. The van der Waals surface area contributed by atoms with Crippen LogP contribution in [-0.2, 0) is 19.1 Å². The number of fused-ring (bicyclic) bond motifs is 7. The third kappa shape index (κ3) is 2.95. The fourth-order valence-electron chi connectivity index (χ4n) is 9.42. The molecule has 0 spiro atoms. The number of esters is 1. The first-order valence-corrected chi connectivity index (χ1v) is 13.5. The number of carbonyl (C=O) groups excluding carboxylic acids is 3. The molecule has 4 nitrogen and oxygen atoms in total. The summed E-state index contributed by atoms with van der Waals surface area (Å²) in [5.41, 5.74) is 3.83. The SMILES string of the molecule is COC(=O)[C@]1(C)CCC2(C)CC[C@]3(C)C4=CC(C)C5=C(C)C(=O)C(=O)C=C5[C@]4(C)CC[C@@]3(C)C2C1. The van der Waals surface area contributed by atoms with E-state index in [1.807, 2.05) is 6.92 Å². The van der Waals surface area contributed by atoms with Gasteiger partial charge in [0.25, 0.3) is 0 Å². The summed E-state index contributed by atoms with van der Waals surface area (Å²) in [6.07, 6.45) is 11.2. The van der Waals surface area contributed by atoms with Crippen molar-refractivity contribution < 1.29 is 19.1 Å². The van der Waals surface area contributed by atoms with Crippen LogP contribution in [0.2, 0.25) is 0 Å². The fourth-order valence-corrected chi connectivity index (χ4v) is 9.42. The van der Waals surface area contributed by atoms with E-state index in [1.54, 1.807) is 6.08 Å². The summed E-state index contributed by atoms with van der Waals surface area (Å²) >= 11 is 0. The van der Waals surface area contributed by atoms with Gasteiger partial charge in [0.15, 0.2) is 0 Å². The van der Waals surface area contributed by atoms with Gasteiger partial charge in [0.05, 0.1) is 12.5 Å². The number of carbonyl (C=O) groups is 3. The minimum Gasteiger partial charge on any atom is -0.469 e. The molecule has 0 saturated heterocycles. The molecule has 0 amide bonds. The van der Waals surface area contributed by atoms with Gasteiger partial charge in [-0.2, -0.15) is 0 Å². The van der Waals surface area contributed by atoms with Crippen molar-refractivity contribution in [2.75, 3.05) is 7.11 Å². The van der Waals surface area contributed by atoms with Gasteiger partial charge in [0, 0.05) is 11.0 Å². The molecule has 4 heteroatoms. The van der Waals surface area contributed by atoms with Crippen molar-refractivity contribution in [3.05, 3.63) is 34.4 Å². The van der Waals surface area contributed by atoms with Gasteiger partial charge in [0.2, 0.25) is 11.6 Å². The average molecular weight is 479 g/mol. The Bertz CT molecular complexity index is 1140. The Hall–Kier alpha value is -1.97. The smallest absolute Gasteiger partial charge is 0.311 e. The molecule has 5 rings (SSSR count). The van der Waals surface area contributed by atoms with Crippen LogP contribution >= 0.6 is 0 Å². The third-order valence-corrected chi connectivity index (χ3v) is 12.0. The molecule has 190 valence electrons. The molecule has 3 saturated carbocycles. The monoisotopic (exact) mass is 478 g/mol. The highest BCUT2D eigenvalue weighted by molar-refractivity contribution is 6.48. The number of hydrogen-bond acceptors (Lipinski definition) is 4. The molecule has 3 unspecified atom stereocenters. The van der Waals surface area contributed by atoms with Crippen LogP contribution in [0.3, 0.4) is 0 Å². The first-order valence-electron chi connectivity index (χ1n) is 13.5. The van der Waals surface area contributed by atoms with Crippen LogP contribution in [0.1, 0.15) is 93.4 Å². The van der Waals surface area contributed by atoms with Gasteiger partial charge in [-0.1, -0.05) is 46.3 Å². The minimum atomic E-state index is -0.430. The van der Waals surface area contributed by atoms with Crippen molar-refractivity contribution in [3.8, 4) is 0 Å². The second-order valence-electron chi connectivity index (χ2n) is 13.7. The summed E-state index contributed by atoms with van der Waals surface area (Å²) in [5.74, 6) is -0.245. The summed E-state index contributed by atoms with van der Waals surface area (Å²) in [4.78, 5) is 38.1. The zero-order valence-electron chi connectivity index (χ0n) is 22.9. The van der Waals surface area contributed by atoms with Gasteiger partial charge >= 0.3 is 5.97 Å². The van der Waals surface area contributed by atoms with E-state index in [2.05, 4.69) is 47.6 Å². The topological polar surface area (TPSA) is 60.4 Å². The van der Waals surface area contributed by atoms with E-state index in [0.717, 1.165) is 56.1 Å². The molecular weight excluding hydrogens is 436 g/mol. The van der Waals surface area contributed by atoms with Crippen molar-refractivity contribution in [2.45, 2.75) is 93.4 Å². The maximum Gasteiger partial charge on any atom is 0.311 e. The number of Topliss-reactive ketones (excluding diaryl/α,β-unsaturated/α-hetero) is 1. The molecule has 5 aliphatic rings. The molecule has 0 radical (unpaired) electrons. The van der Waals surface area contributed by atoms with Crippen LogP contribution in [0.5, 0.6) is 0 Å². The summed E-state index contributed by atoms with van der Waals surface area (Å²) < 4.78 is 5.28. The highest BCUT2D eigenvalue weighted by Gasteiger charge is 2.67. The standard InChI is InChI=1S/C31H42O4/c1-18-15-22-29(5,20-16-21(32)25(33)19(2)24(18)20)12-14-31(7)23-17-28(4,26(34)35-8)10-9-27(23,3)11-13-30(22,31)6/h15-16,18,23H,9-14,17H2,1-8H3/t18?,23?,27?,28-,29+,30-,31+/m1/s1. The van der Waals surface area contributed by atoms with Gasteiger partial charge in [-0.25, -0.2) is 0 Å². The molecule has 0 heterocycles. The molecule has 0 aromatic carbocycles. The first kappa shape index (κ1) is 24.7. The number of hydrogen-bond donors (Lipinski definition) is 0. The largest absolute Gasteiger partial charge is 0.469 e. The summed E-state index contributed by atoms with van der Waals surface area (Å²) in [5, 5.41) is 0. The summed E-state index contributed by atoms with van der Waals surface area (Å²) in [6.45, 7) is 15.8. The lowest BCUT2D eigenvalue weighted by atomic mass is 9.34. The van der Waals surface area contributed by atoms with E-state index in [4.69, 9.17) is 4.74 Å².